The van der Waals surface area contributed by atoms with Gasteiger partial charge in [-0.3, -0.25) is 4.79 Å². The molecule has 2 N–H and O–H groups in total. The smallest absolute Gasteiger partial charge is 0.304 e. The lowest BCUT2D eigenvalue weighted by Gasteiger charge is -2.25. The fraction of sp³-hybridized carbons (Fsp3) is 0.818. The second-order valence-corrected chi connectivity index (χ2v) is 5.80. The highest BCUT2D eigenvalue weighted by Crippen LogP contribution is 2.28. The average molecular weight is 286 g/mol. The van der Waals surface area contributed by atoms with Gasteiger partial charge in [0.1, 0.15) is 0 Å². The molecule has 2 rings (SSSR count). The first kappa shape index (κ1) is 14.3. The molecule has 106 valence electrons. The van der Waals surface area contributed by atoms with Crippen molar-refractivity contribution < 1.29 is 15.0 Å². The molecule has 1 heterocycles. The van der Waals surface area contributed by atoms with E-state index in [9.17, 15) is 9.90 Å². The zero-order chi connectivity index (χ0) is 13.7. The standard InChI is InChI=1S/C11H18N4O3S/c16-9-3-1-8(2-4-9)15-10(12-13-14-15)7-19-6-5-11(17)18/h8-9,16H,1-7H2,(H,17,18). The van der Waals surface area contributed by atoms with Crippen molar-refractivity contribution in [3.05, 3.63) is 5.82 Å². The normalized spacial score (nSPS) is 23.4. The molecule has 19 heavy (non-hydrogen) atoms. The number of aliphatic hydroxyl groups excluding tert-OH is 1. The highest BCUT2D eigenvalue weighted by molar-refractivity contribution is 7.98. The molecule has 0 spiro atoms. The summed E-state index contributed by atoms with van der Waals surface area (Å²) in [5, 5.41) is 29.8. The minimum absolute atomic E-state index is 0.155. The Labute approximate surface area is 115 Å². The molecule has 1 aliphatic rings. The van der Waals surface area contributed by atoms with Crippen molar-refractivity contribution in [1.82, 2.24) is 20.2 Å². The van der Waals surface area contributed by atoms with Crippen LogP contribution in [0.25, 0.3) is 0 Å². The quantitative estimate of drug-likeness (QED) is 0.748. The van der Waals surface area contributed by atoms with Gasteiger partial charge in [-0.15, -0.1) is 5.10 Å². The monoisotopic (exact) mass is 286 g/mol. The highest BCUT2D eigenvalue weighted by Gasteiger charge is 2.23. The van der Waals surface area contributed by atoms with Gasteiger partial charge in [0.2, 0.25) is 0 Å². The Balaban J connectivity index is 1.85. The number of hydrogen-bond donors (Lipinski definition) is 2. The first-order valence-electron chi connectivity index (χ1n) is 6.41. The molecule has 1 aliphatic carbocycles. The maximum absolute atomic E-state index is 10.4. The van der Waals surface area contributed by atoms with Crippen molar-refractivity contribution in [2.24, 2.45) is 0 Å². The van der Waals surface area contributed by atoms with E-state index >= 15 is 0 Å². The molecule has 1 fully saturated rings. The van der Waals surface area contributed by atoms with Gasteiger partial charge in [-0.1, -0.05) is 0 Å². The van der Waals surface area contributed by atoms with Crippen LogP contribution in [0, 0.1) is 0 Å². The Bertz CT molecular complexity index is 418. The lowest BCUT2D eigenvalue weighted by atomic mass is 9.93. The molecule has 0 radical (unpaired) electrons. The zero-order valence-electron chi connectivity index (χ0n) is 10.6. The molecule has 0 saturated heterocycles. The van der Waals surface area contributed by atoms with Crippen molar-refractivity contribution in [2.75, 3.05) is 5.75 Å². The third-order valence-corrected chi connectivity index (χ3v) is 4.22. The number of nitrogens with zero attached hydrogens (tertiary/aromatic N) is 4. The minimum atomic E-state index is -0.784. The Hall–Kier alpha value is -1.15. The van der Waals surface area contributed by atoms with Crippen LogP contribution >= 0.6 is 11.8 Å². The highest BCUT2D eigenvalue weighted by atomic mass is 32.2. The third-order valence-electron chi connectivity index (χ3n) is 3.26. The maximum Gasteiger partial charge on any atom is 0.304 e. The van der Waals surface area contributed by atoms with Crippen LogP contribution < -0.4 is 0 Å². The number of tetrazole rings is 1. The van der Waals surface area contributed by atoms with E-state index in [4.69, 9.17) is 5.11 Å². The van der Waals surface area contributed by atoms with Crippen LogP contribution in [0.15, 0.2) is 0 Å². The van der Waals surface area contributed by atoms with Crippen LogP contribution in [0.5, 0.6) is 0 Å². The van der Waals surface area contributed by atoms with Crippen molar-refractivity contribution in [3.8, 4) is 0 Å². The number of aliphatic hydroxyl groups is 1. The molecular formula is C11H18N4O3S. The number of carboxylic acid groups (broad SMARTS) is 1. The van der Waals surface area contributed by atoms with Crippen molar-refractivity contribution in [2.45, 2.75) is 50.0 Å². The number of rotatable bonds is 6. The molecule has 1 aromatic heterocycles. The van der Waals surface area contributed by atoms with E-state index in [2.05, 4.69) is 15.5 Å². The predicted octanol–water partition coefficient (Wildman–Crippen LogP) is 0.857. The second-order valence-electron chi connectivity index (χ2n) is 4.70. The van der Waals surface area contributed by atoms with Crippen LogP contribution in [0.1, 0.15) is 44.0 Å². The molecule has 1 saturated carbocycles. The van der Waals surface area contributed by atoms with Gasteiger partial charge >= 0.3 is 5.97 Å². The van der Waals surface area contributed by atoms with Crippen LogP contribution in [-0.4, -0.2) is 48.2 Å². The molecule has 0 amide bonds. The Morgan fingerprint density at radius 3 is 2.79 bits per heavy atom. The second kappa shape index (κ2) is 6.85. The van der Waals surface area contributed by atoms with Crippen molar-refractivity contribution >= 4 is 17.7 Å². The molecule has 0 aromatic carbocycles. The molecule has 7 nitrogen and oxygen atoms in total. The van der Waals surface area contributed by atoms with Crippen LogP contribution in [0.2, 0.25) is 0 Å². The number of aliphatic carboxylic acids is 1. The van der Waals surface area contributed by atoms with Gasteiger partial charge in [0.05, 0.1) is 24.3 Å². The zero-order valence-corrected chi connectivity index (χ0v) is 11.4. The molecule has 8 heteroatoms. The molecule has 0 aliphatic heterocycles. The average Bonchev–Trinajstić information content (AvgIpc) is 2.84. The van der Waals surface area contributed by atoms with E-state index in [0.717, 1.165) is 31.5 Å². The first-order valence-corrected chi connectivity index (χ1v) is 7.56. The Kier molecular flexibility index (Phi) is 5.15. The minimum Gasteiger partial charge on any atom is -0.481 e. The number of hydrogen-bond acceptors (Lipinski definition) is 6. The maximum atomic E-state index is 10.4. The van der Waals surface area contributed by atoms with Gasteiger partial charge in [0.15, 0.2) is 5.82 Å². The van der Waals surface area contributed by atoms with E-state index in [-0.39, 0.29) is 18.6 Å². The summed E-state index contributed by atoms with van der Waals surface area (Å²) in [7, 11) is 0. The van der Waals surface area contributed by atoms with Gasteiger partial charge in [-0.2, -0.15) is 11.8 Å². The van der Waals surface area contributed by atoms with E-state index < -0.39 is 5.97 Å². The van der Waals surface area contributed by atoms with E-state index in [1.807, 2.05) is 4.68 Å². The molecule has 0 unspecified atom stereocenters. The summed E-state index contributed by atoms with van der Waals surface area (Å²) < 4.78 is 1.83. The summed E-state index contributed by atoms with van der Waals surface area (Å²) in [4.78, 5) is 10.4. The summed E-state index contributed by atoms with van der Waals surface area (Å²) >= 11 is 1.52. The summed E-state index contributed by atoms with van der Waals surface area (Å²) in [6, 6.07) is 0.258. The largest absolute Gasteiger partial charge is 0.481 e. The summed E-state index contributed by atoms with van der Waals surface area (Å²) in [6.07, 6.45) is 3.31. The van der Waals surface area contributed by atoms with Crippen molar-refractivity contribution in [3.63, 3.8) is 0 Å². The lowest BCUT2D eigenvalue weighted by Crippen LogP contribution is -2.23. The van der Waals surface area contributed by atoms with Crippen LogP contribution in [0.3, 0.4) is 0 Å². The Morgan fingerprint density at radius 2 is 2.11 bits per heavy atom. The van der Waals surface area contributed by atoms with Gasteiger partial charge in [0.25, 0.3) is 0 Å². The molecule has 1 aromatic rings. The number of aromatic nitrogens is 4. The first-order chi connectivity index (χ1) is 9.16. The summed E-state index contributed by atoms with van der Waals surface area (Å²) in [6.45, 7) is 0. The predicted molar refractivity (Wildman–Crippen MR) is 69.7 cm³/mol. The van der Waals surface area contributed by atoms with Gasteiger partial charge < -0.3 is 10.2 Å². The van der Waals surface area contributed by atoms with Crippen LogP contribution in [0.4, 0.5) is 0 Å². The van der Waals surface area contributed by atoms with Crippen LogP contribution in [-0.2, 0) is 10.5 Å². The van der Waals surface area contributed by atoms with Gasteiger partial charge in [-0.05, 0) is 36.1 Å². The topological polar surface area (TPSA) is 101 Å². The van der Waals surface area contributed by atoms with Crippen molar-refractivity contribution in [1.29, 1.82) is 0 Å². The fourth-order valence-electron chi connectivity index (χ4n) is 2.22. The van der Waals surface area contributed by atoms with Gasteiger partial charge in [0, 0.05) is 5.75 Å². The lowest BCUT2D eigenvalue weighted by molar-refractivity contribution is -0.136. The van der Waals surface area contributed by atoms with Gasteiger partial charge in [-0.25, -0.2) is 4.68 Å². The fourth-order valence-corrected chi connectivity index (χ4v) is 3.05. The summed E-state index contributed by atoms with van der Waals surface area (Å²) in [5.41, 5.74) is 0. The third kappa shape index (κ3) is 4.17. The number of carbonyl (C=O) groups is 1. The van der Waals surface area contributed by atoms with E-state index in [1.54, 1.807) is 0 Å². The Morgan fingerprint density at radius 1 is 1.37 bits per heavy atom. The van der Waals surface area contributed by atoms with E-state index in [0.29, 0.717) is 11.5 Å². The number of carboxylic acids is 1. The summed E-state index contributed by atoms with van der Waals surface area (Å²) in [5.74, 6) is 1.19. The SMILES string of the molecule is O=C(O)CCSCc1nnnn1C1CCC(O)CC1. The number of thioether (sulfide) groups is 1. The molecular weight excluding hydrogens is 268 g/mol. The molecule has 0 atom stereocenters. The molecule has 0 bridgehead atoms. The van der Waals surface area contributed by atoms with E-state index in [1.165, 1.54) is 11.8 Å².